The van der Waals surface area contributed by atoms with Gasteiger partial charge in [-0.2, -0.15) is 0 Å². The van der Waals surface area contributed by atoms with Crippen molar-refractivity contribution in [2.24, 2.45) is 0 Å². The summed E-state index contributed by atoms with van der Waals surface area (Å²) in [5.74, 6) is 1.96. The van der Waals surface area contributed by atoms with Gasteiger partial charge in [0.1, 0.15) is 23.0 Å². The Morgan fingerprint density at radius 1 is 0.523 bits per heavy atom. The number of ether oxygens (including phenoxy) is 4. The summed E-state index contributed by atoms with van der Waals surface area (Å²) in [6, 6.07) is 57.9. The molecule has 1 aliphatic rings. The number of esters is 1. The third kappa shape index (κ3) is 11.0. The highest BCUT2D eigenvalue weighted by atomic mass is 16.7. The number of hydrogen-bond donors (Lipinski definition) is 0. The standard InChI is InChI=1S/C58H57NO6/c1-41-11-25-49(26-12-41)59(50-27-13-42(2)14-28-50)51-29-15-44(16-30-51)9-8-10-56(45-17-31-52(62-4)32-18-45)46-19-33-54(34-20-46)64-57(61)65-55-37-23-48(24-38-55)58(39-6-5-7-40-58)47-21-35-53(36-22-47)63-43(3)60/h11-38,56H,5-10,39-40H2,1-4H3. The number of hydrogen-bond acceptors (Lipinski definition) is 7. The first-order valence-corrected chi connectivity index (χ1v) is 22.7. The van der Waals surface area contributed by atoms with E-state index in [4.69, 9.17) is 18.9 Å². The summed E-state index contributed by atoms with van der Waals surface area (Å²) in [4.78, 5) is 26.9. The summed E-state index contributed by atoms with van der Waals surface area (Å²) < 4.78 is 22.1. The molecule has 7 heteroatoms. The van der Waals surface area contributed by atoms with Gasteiger partial charge in [0.2, 0.25) is 0 Å². The lowest BCUT2D eigenvalue weighted by molar-refractivity contribution is -0.131. The topological polar surface area (TPSA) is 74.3 Å². The molecule has 7 aromatic carbocycles. The SMILES string of the molecule is COc1ccc(C(CCCc2ccc(N(c3ccc(C)cc3)c3ccc(C)cc3)cc2)c2ccc(OC(=O)Oc3ccc(C4(c5ccc(OC(C)=O)cc5)CCCCC4)cc3)cc2)cc1. The van der Waals surface area contributed by atoms with E-state index in [9.17, 15) is 9.59 Å². The molecule has 1 unspecified atom stereocenters. The van der Waals surface area contributed by atoms with Crippen molar-refractivity contribution in [3.05, 3.63) is 209 Å². The molecule has 8 rings (SSSR count). The second kappa shape index (κ2) is 20.6. The molecule has 1 atom stereocenters. The molecule has 0 aliphatic heterocycles. The minimum absolute atomic E-state index is 0.123. The third-order valence-electron chi connectivity index (χ3n) is 12.7. The molecule has 0 N–H and O–H groups in total. The van der Waals surface area contributed by atoms with Crippen LogP contribution in [0.4, 0.5) is 21.9 Å². The Labute approximate surface area is 383 Å². The van der Waals surface area contributed by atoms with Crippen LogP contribution < -0.4 is 23.8 Å². The molecule has 7 nitrogen and oxygen atoms in total. The molecular formula is C58H57NO6. The number of nitrogens with zero attached hydrogens (tertiary/aromatic N) is 1. The average Bonchev–Trinajstić information content (AvgIpc) is 3.33. The van der Waals surface area contributed by atoms with E-state index >= 15 is 0 Å². The van der Waals surface area contributed by atoms with Gasteiger partial charge in [-0.1, -0.05) is 115 Å². The molecule has 330 valence electrons. The minimum atomic E-state index is -0.794. The van der Waals surface area contributed by atoms with E-state index in [1.165, 1.54) is 41.2 Å². The van der Waals surface area contributed by atoms with Crippen LogP contribution in [-0.2, 0) is 16.6 Å². The Hall–Kier alpha value is -7.12. The predicted octanol–water partition coefficient (Wildman–Crippen LogP) is 14.7. The molecule has 0 radical (unpaired) electrons. The zero-order chi connectivity index (χ0) is 45.2. The van der Waals surface area contributed by atoms with Gasteiger partial charge in [-0.25, -0.2) is 4.79 Å². The Bertz CT molecular complexity index is 2590. The van der Waals surface area contributed by atoms with Crippen LogP contribution in [0.1, 0.15) is 96.7 Å². The Morgan fingerprint density at radius 3 is 1.38 bits per heavy atom. The lowest BCUT2D eigenvalue weighted by atomic mass is 9.65. The third-order valence-corrected chi connectivity index (χ3v) is 12.7. The predicted molar refractivity (Wildman–Crippen MR) is 260 cm³/mol. The van der Waals surface area contributed by atoms with E-state index in [1.54, 1.807) is 7.11 Å². The summed E-state index contributed by atoms with van der Waals surface area (Å²) in [6.07, 6.45) is 7.49. The summed E-state index contributed by atoms with van der Waals surface area (Å²) in [7, 11) is 1.68. The average molecular weight is 864 g/mol. The second-order valence-corrected chi connectivity index (χ2v) is 17.2. The molecule has 0 spiro atoms. The van der Waals surface area contributed by atoms with Crippen molar-refractivity contribution in [1.29, 1.82) is 0 Å². The Morgan fingerprint density at radius 2 is 0.938 bits per heavy atom. The van der Waals surface area contributed by atoms with Crippen molar-refractivity contribution in [2.75, 3.05) is 12.0 Å². The summed E-state index contributed by atoms with van der Waals surface area (Å²) >= 11 is 0. The number of rotatable bonds is 15. The number of carbonyl (C=O) groups excluding carboxylic acids is 2. The van der Waals surface area contributed by atoms with Crippen LogP contribution in [0.3, 0.4) is 0 Å². The van der Waals surface area contributed by atoms with Crippen molar-refractivity contribution in [2.45, 2.75) is 83.5 Å². The van der Waals surface area contributed by atoms with Crippen LogP contribution in [0.5, 0.6) is 23.0 Å². The quantitative estimate of drug-likeness (QED) is 0.0577. The van der Waals surface area contributed by atoms with Crippen LogP contribution >= 0.6 is 0 Å². The Kier molecular flexibility index (Phi) is 14.1. The van der Waals surface area contributed by atoms with E-state index in [1.807, 2.05) is 72.8 Å². The molecule has 0 aromatic heterocycles. The molecule has 7 aromatic rings. The highest BCUT2D eigenvalue weighted by molar-refractivity contribution is 5.77. The molecule has 0 saturated heterocycles. The van der Waals surface area contributed by atoms with Crippen molar-refractivity contribution in [1.82, 2.24) is 0 Å². The zero-order valence-electron chi connectivity index (χ0n) is 37.8. The van der Waals surface area contributed by atoms with Crippen LogP contribution in [-0.4, -0.2) is 19.2 Å². The van der Waals surface area contributed by atoms with Crippen molar-refractivity contribution in [3.8, 4) is 23.0 Å². The van der Waals surface area contributed by atoms with Crippen molar-refractivity contribution < 1.29 is 28.5 Å². The van der Waals surface area contributed by atoms with E-state index in [-0.39, 0.29) is 17.3 Å². The van der Waals surface area contributed by atoms with Gasteiger partial charge in [-0.05, 0) is 159 Å². The maximum absolute atomic E-state index is 13.1. The highest BCUT2D eigenvalue weighted by Gasteiger charge is 2.36. The fraction of sp³-hybridized carbons (Fsp3) is 0.241. The van der Waals surface area contributed by atoms with Gasteiger partial charge in [0, 0.05) is 35.3 Å². The molecule has 0 bridgehead atoms. The van der Waals surface area contributed by atoms with Gasteiger partial charge in [0.05, 0.1) is 7.11 Å². The normalized spacial score (nSPS) is 13.6. The van der Waals surface area contributed by atoms with E-state index < -0.39 is 6.16 Å². The lowest BCUT2D eigenvalue weighted by Crippen LogP contribution is -2.30. The largest absolute Gasteiger partial charge is 0.519 e. The summed E-state index contributed by atoms with van der Waals surface area (Å²) in [5.41, 5.74) is 11.6. The molecule has 1 fully saturated rings. The molecule has 65 heavy (non-hydrogen) atoms. The van der Waals surface area contributed by atoms with Gasteiger partial charge in [-0.3, -0.25) is 4.79 Å². The zero-order valence-corrected chi connectivity index (χ0v) is 37.8. The first-order chi connectivity index (χ1) is 31.7. The highest BCUT2D eigenvalue weighted by Crippen LogP contribution is 2.46. The van der Waals surface area contributed by atoms with Crippen LogP contribution in [0.2, 0.25) is 0 Å². The molecule has 1 saturated carbocycles. The van der Waals surface area contributed by atoms with Crippen LogP contribution in [0, 0.1) is 13.8 Å². The fourth-order valence-corrected chi connectivity index (χ4v) is 9.25. The summed E-state index contributed by atoms with van der Waals surface area (Å²) in [6.45, 7) is 5.63. The van der Waals surface area contributed by atoms with Gasteiger partial charge in [0.25, 0.3) is 0 Å². The summed E-state index contributed by atoms with van der Waals surface area (Å²) in [5, 5.41) is 0. The lowest BCUT2D eigenvalue weighted by Gasteiger charge is -2.38. The maximum atomic E-state index is 13.1. The number of methoxy groups -OCH3 is 1. The van der Waals surface area contributed by atoms with Gasteiger partial charge < -0.3 is 23.8 Å². The van der Waals surface area contributed by atoms with Gasteiger partial charge in [-0.15, -0.1) is 0 Å². The van der Waals surface area contributed by atoms with Crippen LogP contribution in [0.15, 0.2) is 170 Å². The Balaban J connectivity index is 0.915. The smallest absolute Gasteiger partial charge is 0.497 e. The van der Waals surface area contributed by atoms with Crippen molar-refractivity contribution >= 4 is 29.2 Å². The fourth-order valence-electron chi connectivity index (χ4n) is 9.25. The van der Waals surface area contributed by atoms with E-state index in [2.05, 4.69) is 116 Å². The van der Waals surface area contributed by atoms with Crippen molar-refractivity contribution in [3.63, 3.8) is 0 Å². The molecule has 0 heterocycles. The molecular weight excluding hydrogens is 807 g/mol. The van der Waals surface area contributed by atoms with Gasteiger partial charge >= 0.3 is 12.1 Å². The maximum Gasteiger partial charge on any atom is 0.519 e. The van der Waals surface area contributed by atoms with E-state index in [0.717, 1.165) is 78.9 Å². The number of carbonyl (C=O) groups is 2. The second-order valence-electron chi connectivity index (χ2n) is 17.2. The number of benzene rings is 7. The molecule has 0 amide bonds. The first kappa shape index (κ1) is 44.5. The van der Waals surface area contributed by atoms with E-state index in [0.29, 0.717) is 17.2 Å². The monoisotopic (exact) mass is 863 g/mol. The van der Waals surface area contributed by atoms with Crippen LogP contribution in [0.25, 0.3) is 0 Å². The number of aryl methyl sites for hydroxylation is 3. The first-order valence-electron chi connectivity index (χ1n) is 22.7. The molecule has 1 aliphatic carbocycles. The number of anilines is 3. The minimum Gasteiger partial charge on any atom is -0.497 e. The van der Waals surface area contributed by atoms with Gasteiger partial charge in [0.15, 0.2) is 0 Å².